The molecule has 1 fully saturated rings. The molecule has 1 aliphatic rings. The van der Waals surface area contributed by atoms with Gasteiger partial charge in [-0.15, -0.1) is 0 Å². The topological polar surface area (TPSA) is 48.1 Å². The second-order valence-corrected chi connectivity index (χ2v) is 4.96. The number of hydrogen-bond acceptors (Lipinski definition) is 2. The Morgan fingerprint density at radius 3 is 3.00 bits per heavy atom. The minimum absolute atomic E-state index is 0.0256. The molecule has 2 rings (SSSR count). The van der Waals surface area contributed by atoms with Crippen molar-refractivity contribution in [2.75, 3.05) is 19.6 Å². The van der Waals surface area contributed by atoms with Crippen LogP contribution in [0.5, 0.6) is 0 Å². The number of amides is 1. The van der Waals surface area contributed by atoms with E-state index in [2.05, 4.69) is 29.0 Å². The van der Waals surface area contributed by atoms with Crippen LogP contribution in [0.2, 0.25) is 0 Å². The highest BCUT2D eigenvalue weighted by Crippen LogP contribution is 2.10. The summed E-state index contributed by atoms with van der Waals surface area (Å²) in [7, 11) is 0. The first-order chi connectivity index (χ1) is 8.72. The highest BCUT2D eigenvalue weighted by Gasteiger charge is 2.21. The van der Waals surface area contributed by atoms with Gasteiger partial charge in [-0.1, -0.05) is 13.8 Å². The summed E-state index contributed by atoms with van der Waals surface area (Å²) < 4.78 is 0. The normalized spacial score (nSPS) is 20.9. The number of likely N-dealkylation sites (tertiary alicyclic amines) is 1. The number of nitrogens with zero attached hydrogens (tertiary/aromatic N) is 1. The third-order valence-corrected chi connectivity index (χ3v) is 3.66. The van der Waals surface area contributed by atoms with Crippen LogP contribution in [0.3, 0.4) is 0 Å². The van der Waals surface area contributed by atoms with Crippen molar-refractivity contribution in [3.63, 3.8) is 0 Å². The molecule has 0 aromatic carbocycles. The molecule has 18 heavy (non-hydrogen) atoms. The SMILES string of the molecule is CCc1ccc(C(=O)N[C@H]2CCCN(CC)C2)[nH]1. The van der Waals surface area contributed by atoms with Crippen molar-refractivity contribution < 1.29 is 4.79 Å². The van der Waals surface area contributed by atoms with Gasteiger partial charge in [0.25, 0.3) is 5.91 Å². The summed E-state index contributed by atoms with van der Waals surface area (Å²) in [6.45, 7) is 7.44. The van der Waals surface area contributed by atoms with Gasteiger partial charge >= 0.3 is 0 Å². The number of rotatable bonds is 4. The molecule has 0 aliphatic carbocycles. The molecule has 0 bridgehead atoms. The Kier molecular flexibility index (Phi) is 4.42. The van der Waals surface area contributed by atoms with Crippen LogP contribution in [0, 0.1) is 0 Å². The van der Waals surface area contributed by atoms with Gasteiger partial charge in [-0.05, 0) is 44.5 Å². The van der Waals surface area contributed by atoms with Crippen LogP contribution in [0.1, 0.15) is 42.9 Å². The van der Waals surface area contributed by atoms with Crippen molar-refractivity contribution in [1.82, 2.24) is 15.2 Å². The standard InChI is InChI=1S/C14H23N3O/c1-3-11-7-8-13(15-11)14(18)16-12-6-5-9-17(4-2)10-12/h7-8,12,15H,3-6,9-10H2,1-2H3,(H,16,18)/t12-/m0/s1. The zero-order valence-electron chi connectivity index (χ0n) is 11.3. The van der Waals surface area contributed by atoms with Gasteiger partial charge in [-0.3, -0.25) is 4.79 Å². The largest absolute Gasteiger partial charge is 0.354 e. The lowest BCUT2D eigenvalue weighted by molar-refractivity contribution is 0.0901. The number of aromatic amines is 1. The average molecular weight is 249 g/mol. The van der Waals surface area contributed by atoms with Crippen LogP contribution in [0.25, 0.3) is 0 Å². The zero-order valence-corrected chi connectivity index (χ0v) is 11.3. The van der Waals surface area contributed by atoms with E-state index >= 15 is 0 Å². The number of piperidine rings is 1. The molecule has 1 saturated heterocycles. The van der Waals surface area contributed by atoms with Gasteiger partial charge in [0.1, 0.15) is 5.69 Å². The number of likely N-dealkylation sites (N-methyl/N-ethyl adjacent to an activating group) is 1. The summed E-state index contributed by atoms with van der Waals surface area (Å²) in [5.74, 6) is 0.0256. The van der Waals surface area contributed by atoms with E-state index in [4.69, 9.17) is 0 Å². The Bertz CT molecular complexity index is 399. The summed E-state index contributed by atoms with van der Waals surface area (Å²) in [6, 6.07) is 4.14. The third-order valence-electron chi connectivity index (χ3n) is 3.66. The number of aromatic nitrogens is 1. The maximum atomic E-state index is 12.1. The molecule has 1 aliphatic heterocycles. The Labute approximate surface area is 109 Å². The van der Waals surface area contributed by atoms with Crippen LogP contribution < -0.4 is 5.32 Å². The molecule has 2 heterocycles. The summed E-state index contributed by atoms with van der Waals surface area (Å²) in [4.78, 5) is 17.6. The van der Waals surface area contributed by atoms with E-state index in [9.17, 15) is 4.79 Å². The van der Waals surface area contributed by atoms with Crippen LogP contribution in [-0.2, 0) is 6.42 Å². The lowest BCUT2D eigenvalue weighted by Crippen LogP contribution is -2.47. The fourth-order valence-electron chi connectivity index (χ4n) is 2.50. The Balaban J connectivity index is 1.90. The van der Waals surface area contributed by atoms with E-state index < -0.39 is 0 Å². The lowest BCUT2D eigenvalue weighted by Gasteiger charge is -2.32. The molecule has 4 nitrogen and oxygen atoms in total. The second kappa shape index (κ2) is 6.05. The van der Waals surface area contributed by atoms with Crippen molar-refractivity contribution >= 4 is 5.91 Å². The van der Waals surface area contributed by atoms with Crippen LogP contribution in [-0.4, -0.2) is 41.5 Å². The maximum absolute atomic E-state index is 12.1. The molecule has 0 saturated carbocycles. The predicted molar refractivity (Wildman–Crippen MR) is 72.8 cm³/mol. The molecular weight excluding hydrogens is 226 g/mol. The summed E-state index contributed by atoms with van der Waals surface area (Å²) in [6.07, 6.45) is 3.19. The fourth-order valence-corrected chi connectivity index (χ4v) is 2.50. The average Bonchev–Trinajstić information content (AvgIpc) is 2.88. The number of hydrogen-bond donors (Lipinski definition) is 2. The number of aryl methyl sites for hydroxylation is 1. The summed E-state index contributed by atoms with van der Waals surface area (Å²) >= 11 is 0. The molecule has 100 valence electrons. The van der Waals surface area contributed by atoms with E-state index in [1.54, 1.807) is 0 Å². The van der Waals surface area contributed by atoms with Crippen LogP contribution in [0.4, 0.5) is 0 Å². The lowest BCUT2D eigenvalue weighted by atomic mass is 10.1. The smallest absolute Gasteiger partial charge is 0.267 e. The Morgan fingerprint density at radius 1 is 1.50 bits per heavy atom. The van der Waals surface area contributed by atoms with Gasteiger partial charge in [0.2, 0.25) is 0 Å². The summed E-state index contributed by atoms with van der Waals surface area (Å²) in [5.41, 5.74) is 1.79. The van der Waals surface area contributed by atoms with Crippen molar-refractivity contribution in [1.29, 1.82) is 0 Å². The molecule has 2 N–H and O–H groups in total. The van der Waals surface area contributed by atoms with Crippen molar-refractivity contribution in [3.05, 3.63) is 23.5 Å². The first-order valence-electron chi connectivity index (χ1n) is 6.94. The number of nitrogens with one attached hydrogen (secondary N) is 2. The molecular formula is C14H23N3O. The van der Waals surface area contributed by atoms with E-state index in [-0.39, 0.29) is 5.91 Å². The van der Waals surface area contributed by atoms with Crippen molar-refractivity contribution in [2.45, 2.75) is 39.2 Å². The second-order valence-electron chi connectivity index (χ2n) is 4.96. The van der Waals surface area contributed by atoms with Crippen LogP contribution in [0.15, 0.2) is 12.1 Å². The molecule has 4 heteroatoms. The van der Waals surface area contributed by atoms with Gasteiger partial charge in [0.15, 0.2) is 0 Å². The van der Waals surface area contributed by atoms with Crippen LogP contribution >= 0.6 is 0 Å². The van der Waals surface area contributed by atoms with E-state index in [0.29, 0.717) is 11.7 Å². The first kappa shape index (κ1) is 13.1. The Morgan fingerprint density at radius 2 is 2.33 bits per heavy atom. The van der Waals surface area contributed by atoms with Gasteiger partial charge in [0.05, 0.1) is 0 Å². The van der Waals surface area contributed by atoms with Gasteiger partial charge in [-0.2, -0.15) is 0 Å². The quantitative estimate of drug-likeness (QED) is 0.854. The van der Waals surface area contributed by atoms with Gasteiger partial charge < -0.3 is 15.2 Å². The highest BCUT2D eigenvalue weighted by molar-refractivity contribution is 5.92. The Hall–Kier alpha value is -1.29. The molecule has 0 unspecified atom stereocenters. The first-order valence-corrected chi connectivity index (χ1v) is 6.94. The minimum atomic E-state index is 0.0256. The highest BCUT2D eigenvalue weighted by atomic mass is 16.1. The molecule has 0 spiro atoms. The molecule has 1 atom stereocenters. The minimum Gasteiger partial charge on any atom is -0.354 e. The predicted octanol–water partition coefficient (Wildman–Crippen LogP) is 1.79. The molecule has 1 amide bonds. The molecule has 1 aromatic rings. The van der Waals surface area contributed by atoms with Crippen molar-refractivity contribution in [2.24, 2.45) is 0 Å². The molecule has 0 radical (unpaired) electrons. The zero-order chi connectivity index (χ0) is 13.0. The third kappa shape index (κ3) is 3.13. The van der Waals surface area contributed by atoms with E-state index in [0.717, 1.165) is 38.2 Å². The van der Waals surface area contributed by atoms with E-state index in [1.807, 2.05) is 12.1 Å². The number of carbonyl (C=O) groups is 1. The number of carbonyl (C=O) groups excluding carboxylic acids is 1. The van der Waals surface area contributed by atoms with Gasteiger partial charge in [-0.25, -0.2) is 0 Å². The van der Waals surface area contributed by atoms with Crippen molar-refractivity contribution in [3.8, 4) is 0 Å². The summed E-state index contributed by atoms with van der Waals surface area (Å²) in [5, 5.41) is 3.13. The molecule has 1 aromatic heterocycles. The number of H-pyrrole nitrogens is 1. The fraction of sp³-hybridized carbons (Fsp3) is 0.643. The van der Waals surface area contributed by atoms with Gasteiger partial charge in [0, 0.05) is 18.3 Å². The van der Waals surface area contributed by atoms with E-state index in [1.165, 1.54) is 6.42 Å². The monoisotopic (exact) mass is 249 g/mol. The maximum Gasteiger partial charge on any atom is 0.267 e.